The smallest absolute Gasteiger partial charge is 0.115 e. The standard InChI is InChI=1S/C16H21N3/c1-11-7-8-12(2)14(9-11)16-15(17)10-19(18-16)13-5-3-4-6-13/h7-10,13H,3-6,17H2,1-2H3. The molecule has 0 aliphatic heterocycles. The minimum absolute atomic E-state index is 0.543. The zero-order valence-corrected chi connectivity index (χ0v) is 11.7. The lowest BCUT2D eigenvalue weighted by molar-refractivity contribution is 0.468. The fraction of sp³-hybridized carbons (Fsp3) is 0.438. The minimum atomic E-state index is 0.543. The highest BCUT2D eigenvalue weighted by molar-refractivity contribution is 5.74. The van der Waals surface area contributed by atoms with Crippen molar-refractivity contribution in [3.05, 3.63) is 35.5 Å². The van der Waals surface area contributed by atoms with Gasteiger partial charge in [0.1, 0.15) is 5.69 Å². The van der Waals surface area contributed by atoms with Crippen LogP contribution in [0.1, 0.15) is 42.9 Å². The molecule has 1 aromatic carbocycles. The Morgan fingerprint density at radius 1 is 1.21 bits per heavy atom. The van der Waals surface area contributed by atoms with Gasteiger partial charge in [0.05, 0.1) is 11.7 Å². The molecule has 100 valence electrons. The predicted octanol–water partition coefficient (Wildman–Crippen LogP) is 3.86. The highest BCUT2D eigenvalue weighted by Crippen LogP contribution is 2.33. The number of nitrogens with zero attached hydrogens (tertiary/aromatic N) is 2. The second-order valence-electron chi connectivity index (χ2n) is 5.67. The van der Waals surface area contributed by atoms with Crippen molar-refractivity contribution in [3.8, 4) is 11.3 Å². The van der Waals surface area contributed by atoms with Crippen molar-refractivity contribution >= 4 is 5.69 Å². The Morgan fingerprint density at radius 2 is 1.95 bits per heavy atom. The highest BCUT2D eigenvalue weighted by Gasteiger charge is 2.20. The molecule has 0 unspecified atom stereocenters. The van der Waals surface area contributed by atoms with Crippen LogP contribution in [0, 0.1) is 13.8 Å². The van der Waals surface area contributed by atoms with Gasteiger partial charge in [0.2, 0.25) is 0 Å². The number of anilines is 1. The van der Waals surface area contributed by atoms with Gasteiger partial charge in [-0.3, -0.25) is 4.68 Å². The number of rotatable bonds is 2. The second-order valence-corrected chi connectivity index (χ2v) is 5.67. The summed E-state index contributed by atoms with van der Waals surface area (Å²) in [5.74, 6) is 0. The van der Waals surface area contributed by atoms with Crippen LogP contribution in [0.3, 0.4) is 0 Å². The summed E-state index contributed by atoms with van der Waals surface area (Å²) in [5, 5.41) is 4.76. The van der Waals surface area contributed by atoms with E-state index < -0.39 is 0 Å². The molecule has 3 heteroatoms. The first-order valence-corrected chi connectivity index (χ1v) is 7.07. The van der Waals surface area contributed by atoms with Gasteiger partial charge in [-0.05, 0) is 38.3 Å². The Balaban J connectivity index is 2.02. The fourth-order valence-corrected chi connectivity index (χ4v) is 2.96. The number of nitrogen functional groups attached to an aromatic ring is 1. The van der Waals surface area contributed by atoms with Gasteiger partial charge in [0.15, 0.2) is 0 Å². The van der Waals surface area contributed by atoms with Gasteiger partial charge in [0.25, 0.3) is 0 Å². The quantitative estimate of drug-likeness (QED) is 0.885. The molecule has 2 N–H and O–H groups in total. The van der Waals surface area contributed by atoms with Crippen LogP contribution >= 0.6 is 0 Å². The maximum Gasteiger partial charge on any atom is 0.115 e. The van der Waals surface area contributed by atoms with E-state index in [9.17, 15) is 0 Å². The zero-order valence-electron chi connectivity index (χ0n) is 11.7. The van der Waals surface area contributed by atoms with Gasteiger partial charge in [0, 0.05) is 11.8 Å². The number of aromatic nitrogens is 2. The molecule has 1 aliphatic carbocycles. The van der Waals surface area contributed by atoms with Crippen molar-refractivity contribution in [2.24, 2.45) is 0 Å². The van der Waals surface area contributed by atoms with Gasteiger partial charge in [-0.1, -0.05) is 30.5 Å². The third-order valence-corrected chi connectivity index (χ3v) is 4.11. The van der Waals surface area contributed by atoms with E-state index >= 15 is 0 Å². The maximum atomic E-state index is 6.18. The Morgan fingerprint density at radius 3 is 2.68 bits per heavy atom. The normalized spacial score (nSPS) is 16.1. The van der Waals surface area contributed by atoms with Crippen LogP contribution in [0.4, 0.5) is 5.69 Å². The summed E-state index contributed by atoms with van der Waals surface area (Å²) in [6.07, 6.45) is 7.08. The van der Waals surface area contributed by atoms with E-state index in [1.54, 1.807) is 0 Å². The topological polar surface area (TPSA) is 43.8 Å². The summed E-state index contributed by atoms with van der Waals surface area (Å²) in [6, 6.07) is 6.98. The van der Waals surface area contributed by atoms with E-state index in [1.165, 1.54) is 36.8 Å². The monoisotopic (exact) mass is 255 g/mol. The lowest BCUT2D eigenvalue weighted by Crippen LogP contribution is -2.05. The van der Waals surface area contributed by atoms with Crippen molar-refractivity contribution in [1.82, 2.24) is 9.78 Å². The SMILES string of the molecule is Cc1ccc(C)c(-c2nn(C3CCCC3)cc2N)c1. The van der Waals surface area contributed by atoms with Crippen LogP contribution in [0.15, 0.2) is 24.4 Å². The van der Waals surface area contributed by atoms with Crippen LogP contribution in [0.5, 0.6) is 0 Å². The second kappa shape index (κ2) is 4.72. The molecule has 3 nitrogen and oxygen atoms in total. The van der Waals surface area contributed by atoms with Crippen LogP contribution in [-0.4, -0.2) is 9.78 Å². The molecular formula is C16H21N3. The molecule has 1 fully saturated rings. The molecule has 1 aliphatic rings. The Labute approximate surface area is 114 Å². The average molecular weight is 255 g/mol. The number of hydrogen-bond acceptors (Lipinski definition) is 2. The summed E-state index contributed by atoms with van der Waals surface area (Å²) in [4.78, 5) is 0. The number of benzene rings is 1. The third-order valence-electron chi connectivity index (χ3n) is 4.11. The largest absolute Gasteiger partial charge is 0.396 e. The van der Waals surface area contributed by atoms with Gasteiger partial charge < -0.3 is 5.73 Å². The molecular weight excluding hydrogens is 234 g/mol. The van der Waals surface area contributed by atoms with Crippen LogP contribution in [0.2, 0.25) is 0 Å². The van der Waals surface area contributed by atoms with E-state index in [-0.39, 0.29) is 0 Å². The number of hydrogen-bond donors (Lipinski definition) is 1. The van der Waals surface area contributed by atoms with E-state index in [2.05, 4.69) is 36.7 Å². The molecule has 2 aromatic rings. The molecule has 0 saturated heterocycles. The Kier molecular flexibility index (Phi) is 3.05. The van der Waals surface area contributed by atoms with Gasteiger partial charge in [-0.2, -0.15) is 5.10 Å². The van der Waals surface area contributed by atoms with Crippen molar-refractivity contribution in [3.63, 3.8) is 0 Å². The summed E-state index contributed by atoms with van der Waals surface area (Å²) < 4.78 is 2.08. The number of nitrogens with two attached hydrogens (primary N) is 1. The maximum absolute atomic E-state index is 6.18. The molecule has 19 heavy (non-hydrogen) atoms. The highest BCUT2D eigenvalue weighted by atomic mass is 15.3. The minimum Gasteiger partial charge on any atom is -0.396 e. The third kappa shape index (κ3) is 2.25. The van der Waals surface area contributed by atoms with E-state index in [4.69, 9.17) is 10.8 Å². The van der Waals surface area contributed by atoms with Crippen molar-refractivity contribution in [2.45, 2.75) is 45.6 Å². The number of aryl methyl sites for hydroxylation is 2. The van der Waals surface area contributed by atoms with Crippen LogP contribution in [0.25, 0.3) is 11.3 Å². The zero-order chi connectivity index (χ0) is 13.4. The molecule has 0 atom stereocenters. The first-order chi connectivity index (χ1) is 9.15. The van der Waals surface area contributed by atoms with Crippen molar-refractivity contribution < 1.29 is 0 Å². The summed E-state index contributed by atoms with van der Waals surface area (Å²) in [5.41, 5.74) is 11.5. The molecule has 1 saturated carbocycles. The van der Waals surface area contributed by atoms with E-state index in [1.807, 2.05) is 6.20 Å². The predicted molar refractivity (Wildman–Crippen MR) is 79.1 cm³/mol. The molecule has 0 radical (unpaired) electrons. The molecule has 1 aromatic heterocycles. The first kappa shape index (κ1) is 12.3. The Hall–Kier alpha value is -1.77. The first-order valence-electron chi connectivity index (χ1n) is 7.07. The summed E-state index contributed by atoms with van der Waals surface area (Å²) >= 11 is 0. The lowest BCUT2D eigenvalue weighted by atomic mass is 10.0. The molecule has 0 spiro atoms. The van der Waals surface area contributed by atoms with Crippen molar-refractivity contribution in [1.29, 1.82) is 0 Å². The lowest BCUT2D eigenvalue weighted by Gasteiger charge is -2.09. The summed E-state index contributed by atoms with van der Waals surface area (Å²) in [6.45, 7) is 4.22. The van der Waals surface area contributed by atoms with Gasteiger partial charge in [-0.25, -0.2) is 0 Å². The van der Waals surface area contributed by atoms with Gasteiger partial charge >= 0.3 is 0 Å². The molecule has 3 rings (SSSR count). The fourth-order valence-electron chi connectivity index (χ4n) is 2.96. The molecule has 0 amide bonds. The van der Waals surface area contributed by atoms with E-state index in [0.29, 0.717) is 6.04 Å². The van der Waals surface area contributed by atoms with E-state index in [0.717, 1.165) is 16.9 Å². The molecule has 0 bridgehead atoms. The average Bonchev–Trinajstić information content (AvgIpc) is 3.01. The Bertz CT molecular complexity index is 592. The van der Waals surface area contributed by atoms with Crippen LogP contribution in [-0.2, 0) is 0 Å². The molecule has 1 heterocycles. The summed E-state index contributed by atoms with van der Waals surface area (Å²) in [7, 11) is 0. The van der Waals surface area contributed by atoms with Gasteiger partial charge in [-0.15, -0.1) is 0 Å². The van der Waals surface area contributed by atoms with Crippen molar-refractivity contribution in [2.75, 3.05) is 5.73 Å². The van der Waals surface area contributed by atoms with Crippen LogP contribution < -0.4 is 5.73 Å².